The van der Waals surface area contributed by atoms with Crippen LogP contribution >= 0.6 is 0 Å². The van der Waals surface area contributed by atoms with E-state index in [0.29, 0.717) is 12.3 Å². The lowest BCUT2D eigenvalue weighted by Gasteiger charge is -2.02. The Morgan fingerprint density at radius 3 is 2.60 bits per heavy atom. The molecule has 56 valence electrons. The van der Waals surface area contributed by atoms with E-state index in [1.54, 1.807) is 0 Å². The van der Waals surface area contributed by atoms with Gasteiger partial charge in [-0.1, -0.05) is 12.8 Å². The molecule has 0 unspecified atom stereocenters. The number of nitrogens with one attached hydrogen (secondary N) is 1. The van der Waals surface area contributed by atoms with Crippen LogP contribution in [-0.4, -0.2) is 5.91 Å². The highest BCUT2D eigenvalue weighted by atomic mass is 16.1. The van der Waals surface area contributed by atoms with Crippen molar-refractivity contribution in [2.45, 2.75) is 32.1 Å². The Morgan fingerprint density at radius 2 is 2.10 bits per heavy atom. The van der Waals surface area contributed by atoms with E-state index in [2.05, 4.69) is 5.11 Å². The molecular weight excluding hydrogens is 128 g/mol. The molecule has 0 aromatic rings. The summed E-state index contributed by atoms with van der Waals surface area (Å²) in [4.78, 5) is 10.6. The zero-order chi connectivity index (χ0) is 7.40. The summed E-state index contributed by atoms with van der Waals surface area (Å²) >= 11 is 0. The molecule has 3 heteroatoms. The first-order chi connectivity index (χ1) is 4.83. The molecule has 1 aliphatic rings. The minimum atomic E-state index is -0.258. The first-order valence-electron chi connectivity index (χ1n) is 3.73. The maximum atomic E-state index is 10.6. The molecule has 0 saturated heterocycles. The van der Waals surface area contributed by atoms with Crippen molar-refractivity contribution in [1.82, 2.24) is 0 Å². The van der Waals surface area contributed by atoms with Crippen molar-refractivity contribution in [1.29, 1.82) is 5.53 Å². The molecule has 0 radical (unpaired) electrons. The summed E-state index contributed by atoms with van der Waals surface area (Å²) in [6.45, 7) is 0. The molecular formula is C7H12N2O. The van der Waals surface area contributed by atoms with Crippen LogP contribution in [0.1, 0.15) is 32.1 Å². The van der Waals surface area contributed by atoms with Crippen molar-refractivity contribution >= 4 is 5.91 Å². The summed E-state index contributed by atoms with van der Waals surface area (Å²) in [5, 5.41) is 2.86. The number of nitrogens with zero attached hydrogens (tertiary/aromatic N) is 1. The van der Waals surface area contributed by atoms with Crippen molar-refractivity contribution in [3.05, 3.63) is 0 Å². The molecule has 1 aliphatic carbocycles. The molecule has 1 saturated carbocycles. The quantitative estimate of drug-likeness (QED) is 0.587. The van der Waals surface area contributed by atoms with Crippen molar-refractivity contribution in [2.75, 3.05) is 0 Å². The van der Waals surface area contributed by atoms with Gasteiger partial charge in [0.05, 0.1) is 0 Å². The highest BCUT2D eigenvalue weighted by molar-refractivity contribution is 5.76. The normalized spacial score (nSPS) is 19.2. The maximum Gasteiger partial charge on any atom is 0.264 e. The lowest BCUT2D eigenvalue weighted by Crippen LogP contribution is -2.01. The van der Waals surface area contributed by atoms with Crippen LogP contribution < -0.4 is 0 Å². The number of carbonyl (C=O) groups is 1. The number of hydrogen-bond acceptors (Lipinski definition) is 2. The fourth-order valence-electron chi connectivity index (χ4n) is 1.51. The van der Waals surface area contributed by atoms with Crippen LogP contribution in [0, 0.1) is 11.4 Å². The predicted octanol–water partition coefficient (Wildman–Crippen LogP) is 2.12. The Morgan fingerprint density at radius 1 is 1.50 bits per heavy atom. The fourth-order valence-corrected chi connectivity index (χ4v) is 1.51. The third-order valence-corrected chi connectivity index (χ3v) is 2.06. The van der Waals surface area contributed by atoms with Gasteiger partial charge in [0.25, 0.3) is 5.91 Å². The van der Waals surface area contributed by atoms with Gasteiger partial charge in [0, 0.05) is 6.42 Å². The van der Waals surface area contributed by atoms with Gasteiger partial charge >= 0.3 is 0 Å². The second kappa shape index (κ2) is 3.44. The SMILES string of the molecule is N=NC(=O)CC1CCCC1. The first-order valence-corrected chi connectivity index (χ1v) is 3.73. The largest absolute Gasteiger partial charge is 0.271 e. The van der Waals surface area contributed by atoms with Gasteiger partial charge in [0.2, 0.25) is 0 Å². The van der Waals surface area contributed by atoms with Gasteiger partial charge in [-0.15, -0.1) is 5.11 Å². The minimum absolute atomic E-state index is 0.258. The van der Waals surface area contributed by atoms with Crippen molar-refractivity contribution in [3.63, 3.8) is 0 Å². The van der Waals surface area contributed by atoms with Gasteiger partial charge in [-0.05, 0) is 18.8 Å². The summed E-state index contributed by atoms with van der Waals surface area (Å²) in [6.07, 6.45) is 5.30. The van der Waals surface area contributed by atoms with Gasteiger partial charge < -0.3 is 0 Å². The van der Waals surface area contributed by atoms with E-state index >= 15 is 0 Å². The monoisotopic (exact) mass is 140 g/mol. The van der Waals surface area contributed by atoms with E-state index in [-0.39, 0.29) is 5.91 Å². The number of rotatable bonds is 2. The summed E-state index contributed by atoms with van der Waals surface area (Å²) in [7, 11) is 0. The van der Waals surface area contributed by atoms with Crippen molar-refractivity contribution in [2.24, 2.45) is 11.0 Å². The van der Waals surface area contributed by atoms with Crippen molar-refractivity contribution in [3.8, 4) is 0 Å². The highest BCUT2D eigenvalue weighted by Crippen LogP contribution is 2.27. The predicted molar refractivity (Wildman–Crippen MR) is 36.7 cm³/mol. The van der Waals surface area contributed by atoms with Crippen LogP contribution in [-0.2, 0) is 4.79 Å². The first kappa shape index (κ1) is 7.38. The second-order valence-electron chi connectivity index (χ2n) is 2.86. The second-order valence-corrected chi connectivity index (χ2v) is 2.86. The topological polar surface area (TPSA) is 53.3 Å². The van der Waals surface area contributed by atoms with E-state index in [4.69, 9.17) is 5.53 Å². The highest BCUT2D eigenvalue weighted by Gasteiger charge is 2.17. The third-order valence-electron chi connectivity index (χ3n) is 2.06. The Hall–Kier alpha value is -0.730. The summed E-state index contributed by atoms with van der Waals surface area (Å²) in [6, 6.07) is 0. The number of carbonyl (C=O) groups excluding carboxylic acids is 1. The molecule has 1 fully saturated rings. The van der Waals surface area contributed by atoms with Gasteiger partial charge in [-0.2, -0.15) is 0 Å². The molecule has 0 atom stereocenters. The molecule has 1 N–H and O–H groups in total. The Labute approximate surface area is 60.3 Å². The maximum absolute atomic E-state index is 10.6. The summed E-state index contributed by atoms with van der Waals surface area (Å²) < 4.78 is 0. The van der Waals surface area contributed by atoms with E-state index < -0.39 is 0 Å². The molecule has 3 nitrogen and oxygen atoms in total. The zero-order valence-corrected chi connectivity index (χ0v) is 5.97. The van der Waals surface area contributed by atoms with Crippen LogP contribution in [0.3, 0.4) is 0 Å². The molecule has 1 amide bonds. The van der Waals surface area contributed by atoms with E-state index in [1.165, 1.54) is 12.8 Å². The zero-order valence-electron chi connectivity index (χ0n) is 5.97. The molecule has 1 rings (SSSR count). The average Bonchev–Trinajstić information content (AvgIpc) is 2.40. The summed E-state index contributed by atoms with van der Waals surface area (Å²) in [5.74, 6) is 0.272. The molecule has 0 aromatic carbocycles. The number of hydrogen-bond donors (Lipinski definition) is 1. The Balaban J connectivity index is 2.23. The minimum Gasteiger partial charge on any atom is -0.271 e. The average molecular weight is 140 g/mol. The fraction of sp³-hybridized carbons (Fsp3) is 0.857. The van der Waals surface area contributed by atoms with E-state index in [9.17, 15) is 4.79 Å². The molecule has 10 heavy (non-hydrogen) atoms. The molecule has 0 aromatic heterocycles. The molecule has 0 bridgehead atoms. The van der Waals surface area contributed by atoms with Crippen LogP contribution in [0.2, 0.25) is 0 Å². The van der Waals surface area contributed by atoms with E-state index in [0.717, 1.165) is 12.8 Å². The Bertz CT molecular complexity index is 139. The number of amides is 1. The van der Waals surface area contributed by atoms with Crippen LogP contribution in [0.5, 0.6) is 0 Å². The van der Waals surface area contributed by atoms with Gasteiger partial charge in [0.1, 0.15) is 0 Å². The van der Waals surface area contributed by atoms with Crippen LogP contribution in [0.4, 0.5) is 0 Å². The molecule has 0 spiro atoms. The van der Waals surface area contributed by atoms with Gasteiger partial charge in [-0.3, -0.25) is 4.79 Å². The Kier molecular flexibility index (Phi) is 2.54. The standard InChI is InChI=1S/C7H12N2O/c8-9-7(10)5-6-3-1-2-4-6/h6,8H,1-5H2. The smallest absolute Gasteiger partial charge is 0.264 e. The molecule has 0 aliphatic heterocycles. The van der Waals surface area contributed by atoms with Crippen LogP contribution in [0.15, 0.2) is 5.11 Å². The summed E-state index contributed by atoms with van der Waals surface area (Å²) in [5.41, 5.74) is 6.45. The lowest BCUT2D eigenvalue weighted by atomic mass is 10.0. The van der Waals surface area contributed by atoms with Gasteiger partial charge in [0.15, 0.2) is 0 Å². The lowest BCUT2D eigenvalue weighted by molar-refractivity contribution is -0.119. The van der Waals surface area contributed by atoms with Gasteiger partial charge in [-0.25, -0.2) is 5.53 Å². The molecule has 0 heterocycles. The van der Waals surface area contributed by atoms with Crippen LogP contribution in [0.25, 0.3) is 0 Å². The third kappa shape index (κ3) is 1.90. The van der Waals surface area contributed by atoms with Crippen molar-refractivity contribution < 1.29 is 4.79 Å². The van der Waals surface area contributed by atoms with E-state index in [1.807, 2.05) is 0 Å².